The van der Waals surface area contributed by atoms with Crippen molar-refractivity contribution in [2.45, 2.75) is 13.0 Å². The van der Waals surface area contributed by atoms with E-state index in [-0.39, 0.29) is 24.5 Å². The predicted octanol–water partition coefficient (Wildman–Crippen LogP) is 2.85. The quantitative estimate of drug-likeness (QED) is 0.948. The molecule has 1 atom stereocenters. The van der Waals surface area contributed by atoms with Gasteiger partial charge in [0.05, 0.1) is 11.7 Å². The summed E-state index contributed by atoms with van der Waals surface area (Å²) in [6, 6.07) is 14.9. The number of fused-ring (bicyclic) bond motifs is 1. The van der Waals surface area contributed by atoms with Crippen molar-refractivity contribution in [3.63, 3.8) is 0 Å². The molecular weight excluding hydrogens is 292 g/mol. The number of hydrogen-bond acceptors (Lipinski definition) is 3. The number of ether oxygens (including phenoxy) is 1. The Hall–Kier alpha value is -2.82. The van der Waals surface area contributed by atoms with Gasteiger partial charge in [-0.2, -0.15) is 0 Å². The molecule has 0 aliphatic carbocycles. The lowest BCUT2D eigenvalue weighted by molar-refractivity contribution is -0.118. The lowest BCUT2D eigenvalue weighted by atomic mass is 10.1. The Morgan fingerprint density at radius 1 is 1.22 bits per heavy atom. The van der Waals surface area contributed by atoms with E-state index in [1.165, 1.54) is 0 Å². The fourth-order valence-corrected chi connectivity index (χ4v) is 2.54. The van der Waals surface area contributed by atoms with Crippen molar-refractivity contribution < 1.29 is 14.3 Å². The van der Waals surface area contributed by atoms with E-state index in [2.05, 4.69) is 5.32 Å². The van der Waals surface area contributed by atoms with Crippen molar-refractivity contribution in [3.8, 4) is 5.75 Å². The number of rotatable bonds is 3. The molecule has 0 saturated heterocycles. The summed E-state index contributed by atoms with van der Waals surface area (Å²) < 4.78 is 5.37. The summed E-state index contributed by atoms with van der Waals surface area (Å²) in [5, 5.41) is 2.72. The Labute approximate surface area is 134 Å². The molecule has 2 amide bonds. The molecule has 5 nitrogen and oxygen atoms in total. The zero-order chi connectivity index (χ0) is 16.4. The lowest BCUT2D eigenvalue weighted by Crippen LogP contribution is -2.30. The molecule has 5 heteroatoms. The molecule has 1 aliphatic heterocycles. The second-order valence-electron chi connectivity index (χ2n) is 5.55. The Morgan fingerprint density at radius 3 is 2.70 bits per heavy atom. The summed E-state index contributed by atoms with van der Waals surface area (Å²) in [5.41, 5.74) is 2.20. The van der Waals surface area contributed by atoms with Crippen molar-refractivity contribution >= 4 is 17.5 Å². The zero-order valence-electron chi connectivity index (χ0n) is 13.1. The molecule has 0 radical (unpaired) electrons. The fraction of sp³-hybridized carbons (Fsp3) is 0.222. The maximum atomic E-state index is 12.7. The van der Waals surface area contributed by atoms with Gasteiger partial charge < -0.3 is 15.0 Å². The van der Waals surface area contributed by atoms with Crippen molar-refractivity contribution in [2.75, 3.05) is 19.0 Å². The minimum absolute atomic E-state index is 0.0269. The topological polar surface area (TPSA) is 58.6 Å². The van der Waals surface area contributed by atoms with Gasteiger partial charge in [-0.15, -0.1) is 0 Å². The molecule has 0 bridgehead atoms. The Bertz CT molecular complexity index is 743. The highest BCUT2D eigenvalue weighted by molar-refractivity contribution is 5.99. The molecule has 3 rings (SSSR count). The molecule has 0 unspecified atom stereocenters. The number of benzene rings is 2. The van der Waals surface area contributed by atoms with Gasteiger partial charge in [-0.25, -0.2) is 0 Å². The number of amides is 2. The highest BCUT2D eigenvalue weighted by atomic mass is 16.5. The van der Waals surface area contributed by atoms with Crippen LogP contribution in [0.5, 0.6) is 5.75 Å². The maximum Gasteiger partial charge on any atom is 0.262 e. The third-order valence-electron chi connectivity index (χ3n) is 4.04. The highest BCUT2D eigenvalue weighted by Crippen LogP contribution is 2.30. The molecule has 23 heavy (non-hydrogen) atoms. The summed E-state index contributed by atoms with van der Waals surface area (Å²) >= 11 is 0. The van der Waals surface area contributed by atoms with E-state index in [0.29, 0.717) is 17.0 Å². The first-order chi connectivity index (χ1) is 11.1. The number of nitrogens with one attached hydrogen (secondary N) is 1. The van der Waals surface area contributed by atoms with Gasteiger partial charge in [0.15, 0.2) is 6.61 Å². The van der Waals surface area contributed by atoms with Crippen LogP contribution in [0, 0.1) is 0 Å². The van der Waals surface area contributed by atoms with E-state index in [1.54, 1.807) is 30.1 Å². The molecule has 1 aliphatic rings. The molecule has 0 aromatic heterocycles. The van der Waals surface area contributed by atoms with Gasteiger partial charge in [0, 0.05) is 12.6 Å². The molecular formula is C18H18N2O3. The third kappa shape index (κ3) is 3.04. The second-order valence-corrected chi connectivity index (χ2v) is 5.55. The monoisotopic (exact) mass is 310 g/mol. The Balaban J connectivity index is 1.81. The first-order valence-corrected chi connectivity index (χ1v) is 7.45. The SMILES string of the molecule is C[C@@H](c1ccccc1)N(C)C(=O)c1ccc2c(c1)OCC(=O)N2. The highest BCUT2D eigenvalue weighted by Gasteiger charge is 2.22. The normalized spacial score (nSPS) is 14.3. The molecule has 0 spiro atoms. The van der Waals surface area contributed by atoms with Gasteiger partial charge >= 0.3 is 0 Å². The molecule has 0 saturated carbocycles. The first-order valence-electron chi connectivity index (χ1n) is 7.45. The van der Waals surface area contributed by atoms with Crippen molar-refractivity contribution in [1.29, 1.82) is 0 Å². The number of carbonyl (C=O) groups is 2. The third-order valence-corrected chi connectivity index (χ3v) is 4.04. The Kier molecular flexibility index (Phi) is 4.02. The van der Waals surface area contributed by atoms with Crippen LogP contribution >= 0.6 is 0 Å². The van der Waals surface area contributed by atoms with Crippen LogP contribution in [-0.2, 0) is 4.79 Å². The van der Waals surface area contributed by atoms with Crippen molar-refractivity contribution in [3.05, 3.63) is 59.7 Å². The van der Waals surface area contributed by atoms with Crippen LogP contribution < -0.4 is 10.1 Å². The van der Waals surface area contributed by atoms with E-state index in [1.807, 2.05) is 37.3 Å². The molecule has 1 heterocycles. The zero-order valence-corrected chi connectivity index (χ0v) is 13.1. The molecule has 2 aromatic carbocycles. The van der Waals surface area contributed by atoms with Crippen LogP contribution in [-0.4, -0.2) is 30.4 Å². The van der Waals surface area contributed by atoms with Gasteiger partial charge in [-0.1, -0.05) is 30.3 Å². The van der Waals surface area contributed by atoms with Crippen LogP contribution in [0.2, 0.25) is 0 Å². The van der Waals surface area contributed by atoms with Crippen molar-refractivity contribution in [2.24, 2.45) is 0 Å². The summed E-state index contributed by atoms with van der Waals surface area (Å²) in [6.45, 7) is 1.96. The van der Waals surface area contributed by atoms with Gasteiger partial charge in [-0.3, -0.25) is 9.59 Å². The standard InChI is InChI=1S/C18H18N2O3/c1-12(13-6-4-3-5-7-13)20(2)18(22)14-8-9-15-16(10-14)23-11-17(21)19-15/h3-10,12H,11H2,1-2H3,(H,19,21)/t12-/m0/s1. The number of anilines is 1. The number of hydrogen-bond donors (Lipinski definition) is 1. The molecule has 1 N–H and O–H groups in total. The molecule has 0 fully saturated rings. The van der Waals surface area contributed by atoms with Gasteiger partial charge in [-0.05, 0) is 30.7 Å². The summed E-state index contributed by atoms with van der Waals surface area (Å²) in [4.78, 5) is 25.7. The number of carbonyl (C=O) groups excluding carboxylic acids is 2. The average molecular weight is 310 g/mol. The summed E-state index contributed by atoms with van der Waals surface area (Å²) in [7, 11) is 1.78. The maximum absolute atomic E-state index is 12.7. The van der Waals surface area contributed by atoms with Gasteiger partial charge in [0.2, 0.25) is 0 Å². The van der Waals surface area contributed by atoms with E-state index < -0.39 is 0 Å². The van der Waals surface area contributed by atoms with Gasteiger partial charge in [0.25, 0.3) is 11.8 Å². The van der Waals surface area contributed by atoms with Crippen molar-refractivity contribution in [1.82, 2.24) is 4.90 Å². The van der Waals surface area contributed by atoms with Crippen LogP contribution in [0.15, 0.2) is 48.5 Å². The van der Waals surface area contributed by atoms with E-state index in [9.17, 15) is 9.59 Å². The number of nitrogens with zero attached hydrogens (tertiary/aromatic N) is 1. The Morgan fingerprint density at radius 2 is 1.96 bits per heavy atom. The molecule has 2 aromatic rings. The van der Waals surface area contributed by atoms with E-state index in [0.717, 1.165) is 5.56 Å². The smallest absolute Gasteiger partial charge is 0.262 e. The summed E-state index contributed by atoms with van der Waals surface area (Å²) in [6.07, 6.45) is 0. The first kappa shape index (κ1) is 15.1. The fourth-order valence-electron chi connectivity index (χ4n) is 2.54. The lowest BCUT2D eigenvalue weighted by Gasteiger charge is -2.26. The summed E-state index contributed by atoms with van der Waals surface area (Å²) in [5.74, 6) is 0.243. The van der Waals surface area contributed by atoms with E-state index in [4.69, 9.17) is 4.74 Å². The van der Waals surface area contributed by atoms with Crippen LogP contribution in [0.1, 0.15) is 28.9 Å². The van der Waals surface area contributed by atoms with Crippen LogP contribution in [0.25, 0.3) is 0 Å². The average Bonchev–Trinajstić information content (AvgIpc) is 2.60. The molecule has 118 valence electrons. The van der Waals surface area contributed by atoms with Crippen LogP contribution in [0.3, 0.4) is 0 Å². The largest absolute Gasteiger partial charge is 0.482 e. The van der Waals surface area contributed by atoms with E-state index >= 15 is 0 Å². The van der Waals surface area contributed by atoms with Crippen LogP contribution in [0.4, 0.5) is 5.69 Å². The minimum atomic E-state index is -0.189. The second kappa shape index (κ2) is 6.12. The van der Waals surface area contributed by atoms with Gasteiger partial charge in [0.1, 0.15) is 5.75 Å². The minimum Gasteiger partial charge on any atom is -0.482 e. The predicted molar refractivity (Wildman–Crippen MR) is 87.5 cm³/mol.